The SMILES string of the molecule is CC(C)CC(=O)N[C@H](C(=O)N[C@H](C(=O)N[C@@H](CC(C)C)[C@H](O)CC(=O)N[C@@H](C)C(=O)N[C@@H](CC(C)C)[C@H](O)CC(=O)NCCN(CCNC(=S)Nc1ccc(O[C@H]2O[C@H](COP(=O)(O)O)[C@@H](O)[C@H](O)[C@@H]2O)cc1)CCNC(=S)Nc1ccc(O[C@H]2O[C@H](COP(=O)(O)O)[C@@H](O)[C@H](O)[C@@H]2O)cc1)C(C)C)C(C)C. The Morgan fingerprint density at radius 1 is 0.467 bits per heavy atom. The van der Waals surface area contributed by atoms with Crippen molar-refractivity contribution in [2.75, 3.05) is 63.1 Å². The van der Waals surface area contributed by atoms with Crippen molar-refractivity contribution in [3.63, 3.8) is 0 Å². The van der Waals surface area contributed by atoms with Gasteiger partial charge in [-0.25, -0.2) is 9.13 Å². The highest BCUT2D eigenvalue weighted by atomic mass is 32.1. The van der Waals surface area contributed by atoms with Crippen LogP contribution in [0.3, 0.4) is 0 Å². The van der Waals surface area contributed by atoms with Crippen molar-refractivity contribution < 1.29 is 126 Å². The highest BCUT2D eigenvalue weighted by Gasteiger charge is 2.47. The van der Waals surface area contributed by atoms with Crippen LogP contribution in [-0.2, 0) is 56.4 Å². The summed E-state index contributed by atoms with van der Waals surface area (Å²) >= 11 is 11.1. The van der Waals surface area contributed by atoms with Gasteiger partial charge < -0.3 is 133 Å². The van der Waals surface area contributed by atoms with Crippen molar-refractivity contribution in [2.24, 2.45) is 29.6 Å². The van der Waals surface area contributed by atoms with Gasteiger partial charge in [-0.15, -0.1) is 0 Å². The van der Waals surface area contributed by atoms with Gasteiger partial charge >= 0.3 is 15.6 Å². The topological polar surface area (TPSA) is 558 Å². The first-order valence-electron chi connectivity index (χ1n) is 35.2. The predicted octanol–water partition coefficient (Wildman–Crippen LogP) is -1.63. The Morgan fingerprint density at radius 2 is 0.832 bits per heavy atom. The number of amides is 6. The van der Waals surface area contributed by atoms with Crippen LogP contribution in [0.4, 0.5) is 11.4 Å². The largest absolute Gasteiger partial charge is 0.469 e. The van der Waals surface area contributed by atoms with Crippen LogP contribution in [0.25, 0.3) is 0 Å². The molecule has 107 heavy (non-hydrogen) atoms. The maximum atomic E-state index is 13.9. The molecule has 2 aromatic carbocycles. The molecule has 0 bridgehead atoms. The molecular formula is C66H111N11O26P2S2. The number of aliphatic hydroxyl groups is 8. The molecule has 2 fully saturated rings. The maximum absolute atomic E-state index is 13.9. The zero-order valence-electron chi connectivity index (χ0n) is 61.8. The average molecular weight is 1600 g/mol. The Hall–Kier alpha value is -5.98. The van der Waals surface area contributed by atoms with Crippen LogP contribution in [-0.4, -0.2) is 267 Å². The van der Waals surface area contributed by atoms with Crippen molar-refractivity contribution in [1.29, 1.82) is 0 Å². The number of anilines is 2. The summed E-state index contributed by atoms with van der Waals surface area (Å²) in [5.41, 5.74) is 0.947. The molecule has 41 heteroatoms. The number of phosphoric acid groups is 2. The Kier molecular flexibility index (Phi) is 39.1. The number of ether oxygens (including phenoxy) is 4. The Balaban J connectivity index is 1.37. The smallest absolute Gasteiger partial charge is 0.462 e. The van der Waals surface area contributed by atoms with Crippen molar-refractivity contribution in [1.82, 2.24) is 47.4 Å². The summed E-state index contributed by atoms with van der Waals surface area (Å²) in [4.78, 5) is 119. The monoisotopic (exact) mass is 1600 g/mol. The molecule has 0 saturated carbocycles. The molecule has 0 unspecified atom stereocenters. The minimum absolute atomic E-state index is 0.0501. The lowest BCUT2D eigenvalue weighted by Gasteiger charge is -2.40. The van der Waals surface area contributed by atoms with E-state index in [-0.39, 0.29) is 96.7 Å². The quantitative estimate of drug-likeness (QED) is 0.0262. The average Bonchev–Trinajstić information content (AvgIpc) is 0.811. The first-order chi connectivity index (χ1) is 49.9. The standard InChI is InChI=1S/C66H111N11O26P2S2/c1-33(2)26-43(73-60(89)38(11)70-51(82)30-46(79)44(27-34(3)4)74-61(90)53(37(9)10)76-62(91)52(36(7)8)75-50(81)28-35(5)6)45(78)29-49(80)67-20-23-77(24-21-68-65(106)71-39-12-16-41(17-13-39)100-63-58(87)56(85)54(83)47(102-63)31-98-104(92,93)94)25-22-69-66(107)72-40-14-18-42(19-15-40)101-64-59(88)57(86)55(84)48(103-64)32-99-105(95,96)97/h12-19,33-38,43-48,52-59,63-64,78-79,83-88H,20-32H2,1-11H3,(H,67,80)(H,70,82)(H,73,89)(H,74,90)(H,75,81)(H,76,91)(H2,68,71,106)(H2,69,72,107)(H2,92,93,94)(H2,95,96,97)/t38-,43-,44-,45+,46+,47+,48+,52-,53-,54+,55+,56-,57-,58-,59-,63-,64-/m0/s1. The Bertz CT molecular complexity index is 3130. The van der Waals surface area contributed by atoms with E-state index in [2.05, 4.69) is 62.2 Å². The van der Waals surface area contributed by atoms with Crippen LogP contribution in [0.15, 0.2) is 48.5 Å². The second-order valence-electron chi connectivity index (χ2n) is 28.3. The number of phosphoric ester groups is 2. The molecular weight excluding hydrogens is 1490 g/mol. The first kappa shape index (κ1) is 93.4. The summed E-state index contributed by atoms with van der Waals surface area (Å²) in [5, 5.41) is 114. The summed E-state index contributed by atoms with van der Waals surface area (Å²) < 4.78 is 53.6. The van der Waals surface area contributed by atoms with Crippen molar-refractivity contribution >= 4 is 97.1 Å². The zero-order valence-corrected chi connectivity index (χ0v) is 65.2. The van der Waals surface area contributed by atoms with Gasteiger partial charge in [-0.05, 0) is 122 Å². The second kappa shape index (κ2) is 44.8. The minimum Gasteiger partial charge on any atom is -0.462 e. The summed E-state index contributed by atoms with van der Waals surface area (Å²) in [5.74, 6) is -4.04. The second-order valence-corrected chi connectivity index (χ2v) is 31.6. The van der Waals surface area contributed by atoms with E-state index in [0.717, 1.165) is 0 Å². The number of nitrogens with zero attached hydrogens (tertiary/aromatic N) is 1. The van der Waals surface area contributed by atoms with Crippen LogP contribution >= 0.6 is 40.1 Å². The van der Waals surface area contributed by atoms with Gasteiger partial charge in [0.2, 0.25) is 48.0 Å². The van der Waals surface area contributed by atoms with E-state index in [1.54, 1.807) is 52.0 Å². The number of carbonyl (C=O) groups excluding carboxylic acids is 6. The van der Waals surface area contributed by atoms with E-state index in [1.807, 2.05) is 46.4 Å². The molecule has 4 rings (SSSR count). The number of thiocarbonyl (C=S) groups is 2. The van der Waals surface area contributed by atoms with Crippen LogP contribution < -0.4 is 62.6 Å². The third kappa shape index (κ3) is 34.0. The molecule has 0 radical (unpaired) electrons. The van der Waals surface area contributed by atoms with E-state index in [0.29, 0.717) is 24.5 Å². The molecule has 37 nitrogen and oxygen atoms in total. The van der Waals surface area contributed by atoms with Crippen LogP contribution in [0, 0.1) is 29.6 Å². The normalized spacial score (nSPS) is 22.5. The maximum Gasteiger partial charge on any atom is 0.469 e. The lowest BCUT2D eigenvalue weighted by atomic mass is 9.95. The number of rotatable bonds is 43. The molecule has 17 atom stereocenters. The van der Waals surface area contributed by atoms with Gasteiger partial charge in [-0.2, -0.15) is 0 Å². The van der Waals surface area contributed by atoms with Crippen molar-refractivity contribution in [3.8, 4) is 11.5 Å². The molecule has 2 aliphatic heterocycles. The molecule has 2 aromatic rings. The van der Waals surface area contributed by atoms with Gasteiger partial charge in [0.1, 0.15) is 78.5 Å². The van der Waals surface area contributed by atoms with E-state index in [1.165, 1.54) is 31.2 Å². The predicted molar refractivity (Wildman–Crippen MR) is 396 cm³/mol. The fraction of sp³-hybridized carbons (Fsp3) is 0.697. The van der Waals surface area contributed by atoms with Gasteiger partial charge in [0.15, 0.2) is 10.2 Å². The molecule has 0 aromatic heterocycles. The summed E-state index contributed by atoms with van der Waals surface area (Å²) in [6.07, 6.45) is -20.0. The number of hydrogen-bond donors (Lipinski definition) is 22. The molecule has 2 aliphatic rings. The summed E-state index contributed by atoms with van der Waals surface area (Å²) in [6, 6.07) is 6.99. The molecule has 2 saturated heterocycles. The number of nitrogens with one attached hydrogen (secondary N) is 10. The highest BCUT2D eigenvalue weighted by molar-refractivity contribution is 7.80. The number of carbonyl (C=O) groups is 6. The fourth-order valence-electron chi connectivity index (χ4n) is 11.1. The van der Waals surface area contributed by atoms with Crippen LogP contribution in [0.1, 0.15) is 108 Å². The van der Waals surface area contributed by atoms with Gasteiger partial charge in [0, 0.05) is 57.1 Å². The molecule has 0 aliphatic carbocycles. The minimum atomic E-state index is -4.98. The van der Waals surface area contributed by atoms with Crippen LogP contribution in [0.5, 0.6) is 11.5 Å². The van der Waals surface area contributed by atoms with Gasteiger partial charge in [0.25, 0.3) is 0 Å². The third-order valence-electron chi connectivity index (χ3n) is 16.8. The number of aliphatic hydroxyl groups excluding tert-OH is 8. The number of benzene rings is 2. The van der Waals surface area contributed by atoms with E-state index < -0.39 is 181 Å². The van der Waals surface area contributed by atoms with Crippen molar-refractivity contribution in [2.45, 2.75) is 212 Å². The fourth-order valence-corrected chi connectivity index (χ4v) is 12.2. The van der Waals surface area contributed by atoms with Gasteiger partial charge in [-0.1, -0.05) is 69.2 Å². The lowest BCUT2D eigenvalue weighted by molar-refractivity contribution is -0.276. The third-order valence-corrected chi connectivity index (χ3v) is 18.2. The molecule has 22 N–H and O–H groups in total. The lowest BCUT2D eigenvalue weighted by Crippen LogP contribution is -2.60. The van der Waals surface area contributed by atoms with Gasteiger partial charge in [-0.3, -0.25) is 42.7 Å². The summed E-state index contributed by atoms with van der Waals surface area (Å²) in [7, 11) is -9.96. The van der Waals surface area contributed by atoms with Crippen molar-refractivity contribution in [3.05, 3.63) is 48.5 Å². The zero-order chi connectivity index (χ0) is 80.4. The Morgan fingerprint density at radius 3 is 1.21 bits per heavy atom. The first-order valence-corrected chi connectivity index (χ1v) is 39.1. The Labute approximate surface area is 632 Å². The van der Waals surface area contributed by atoms with Gasteiger partial charge in [0.05, 0.1) is 50.3 Å². The number of hydrogen-bond acceptors (Lipinski definition) is 25. The van der Waals surface area contributed by atoms with E-state index in [4.69, 9.17) is 63.0 Å². The van der Waals surface area contributed by atoms with E-state index >= 15 is 0 Å². The van der Waals surface area contributed by atoms with Crippen LogP contribution in [0.2, 0.25) is 0 Å². The van der Waals surface area contributed by atoms with E-state index in [9.17, 15) is 78.7 Å². The molecule has 6 amide bonds. The molecule has 0 spiro atoms. The molecule has 608 valence electrons. The summed E-state index contributed by atoms with van der Waals surface area (Å²) in [6.45, 7) is 19.4. The molecule has 2 heterocycles. The highest BCUT2D eigenvalue weighted by Crippen LogP contribution is 2.39.